The highest BCUT2D eigenvalue weighted by atomic mass is 19.1. The Morgan fingerprint density at radius 3 is 1.22 bits per heavy atom. The van der Waals surface area contributed by atoms with Crippen molar-refractivity contribution in [3.05, 3.63) is 194 Å². The SMILES string of the molecule is Cc1cc(COc2ccc(C(=N)N)cc2F)cc(COc2ccc(C(=N)N)cc2F)c1.[C-]#[N+]c1ccc(OCc2cc(C)cc(COc3ccc(C#N)cc3F)c2)c(F)c1. The molecule has 0 atom stereocenters. The smallest absolute Gasteiger partial charge is 0.190 e. The molecule has 0 fully saturated rings. The Bertz CT molecular complexity index is 2470. The van der Waals surface area contributed by atoms with E-state index in [-0.39, 0.29) is 83.5 Å². The van der Waals surface area contributed by atoms with Crippen molar-refractivity contribution in [2.24, 2.45) is 11.5 Å². The van der Waals surface area contributed by atoms with Gasteiger partial charge in [-0.25, -0.2) is 22.4 Å². The maximum Gasteiger partial charge on any atom is 0.190 e. The lowest BCUT2D eigenvalue weighted by molar-refractivity contribution is 0.284. The van der Waals surface area contributed by atoms with Crippen molar-refractivity contribution in [3.8, 4) is 29.1 Å². The summed E-state index contributed by atoms with van der Waals surface area (Å²) in [7, 11) is 0. The molecule has 0 heterocycles. The Kier molecular flexibility index (Phi) is 14.5. The summed E-state index contributed by atoms with van der Waals surface area (Å²) in [5.41, 5.74) is 16.8. The summed E-state index contributed by atoms with van der Waals surface area (Å²) in [6.45, 7) is 11.2. The molecular formula is C46H38F4N6O4. The fraction of sp³-hybridized carbons (Fsp3) is 0.130. The molecule has 0 amide bonds. The van der Waals surface area contributed by atoms with Crippen LogP contribution in [0.2, 0.25) is 0 Å². The maximum atomic E-state index is 14.1. The molecular weight excluding hydrogens is 777 g/mol. The van der Waals surface area contributed by atoms with Gasteiger partial charge < -0.3 is 30.4 Å². The van der Waals surface area contributed by atoms with E-state index in [2.05, 4.69) is 4.85 Å². The highest BCUT2D eigenvalue weighted by molar-refractivity contribution is 5.95. The van der Waals surface area contributed by atoms with E-state index in [0.29, 0.717) is 0 Å². The molecule has 60 heavy (non-hydrogen) atoms. The molecule has 0 radical (unpaired) electrons. The van der Waals surface area contributed by atoms with Crippen LogP contribution in [0.1, 0.15) is 50.1 Å². The molecule has 6 rings (SSSR count). The summed E-state index contributed by atoms with van der Waals surface area (Å²) >= 11 is 0. The van der Waals surface area contributed by atoms with Crippen molar-refractivity contribution >= 4 is 17.4 Å². The van der Waals surface area contributed by atoms with Crippen molar-refractivity contribution in [3.63, 3.8) is 0 Å². The normalized spacial score (nSPS) is 10.3. The van der Waals surface area contributed by atoms with Crippen LogP contribution in [-0.2, 0) is 26.4 Å². The van der Waals surface area contributed by atoms with E-state index >= 15 is 0 Å². The zero-order valence-electron chi connectivity index (χ0n) is 32.4. The van der Waals surface area contributed by atoms with Gasteiger partial charge in [0.05, 0.1) is 18.2 Å². The lowest BCUT2D eigenvalue weighted by Crippen LogP contribution is -2.11. The summed E-state index contributed by atoms with van der Waals surface area (Å²) in [5.74, 6) is -2.61. The van der Waals surface area contributed by atoms with Gasteiger partial charge in [-0.05, 0) is 115 Å². The number of hydrogen-bond donors (Lipinski definition) is 4. The second-order valence-corrected chi connectivity index (χ2v) is 13.4. The van der Waals surface area contributed by atoms with E-state index < -0.39 is 23.3 Å². The van der Waals surface area contributed by atoms with E-state index in [4.69, 9.17) is 53.1 Å². The number of rotatable bonds is 14. The lowest BCUT2D eigenvalue weighted by atomic mass is 10.1. The molecule has 14 heteroatoms. The summed E-state index contributed by atoms with van der Waals surface area (Å²) in [4.78, 5) is 3.17. The van der Waals surface area contributed by atoms with E-state index in [1.807, 2.05) is 56.3 Å². The van der Waals surface area contributed by atoms with Crippen molar-refractivity contribution in [1.29, 1.82) is 16.1 Å². The Balaban J connectivity index is 0.000000228. The van der Waals surface area contributed by atoms with Crippen LogP contribution >= 0.6 is 0 Å². The lowest BCUT2D eigenvalue weighted by Gasteiger charge is -2.12. The summed E-state index contributed by atoms with van der Waals surface area (Å²) in [5, 5.41) is 23.5. The molecule has 0 saturated heterocycles. The average Bonchev–Trinajstić information content (AvgIpc) is 3.21. The van der Waals surface area contributed by atoms with Gasteiger partial charge in [0.1, 0.15) is 38.1 Å². The van der Waals surface area contributed by atoms with Gasteiger partial charge in [0, 0.05) is 11.1 Å². The zero-order chi connectivity index (χ0) is 43.3. The molecule has 0 spiro atoms. The molecule has 0 aliphatic carbocycles. The third-order valence-electron chi connectivity index (χ3n) is 8.56. The number of hydrogen-bond acceptors (Lipinski definition) is 7. The van der Waals surface area contributed by atoms with Crippen molar-refractivity contribution < 1.29 is 36.5 Å². The Labute approximate surface area is 344 Å². The van der Waals surface area contributed by atoms with Crippen LogP contribution in [-0.4, -0.2) is 11.7 Å². The molecule has 0 bridgehead atoms. The maximum absolute atomic E-state index is 14.1. The molecule has 10 nitrogen and oxygen atoms in total. The third kappa shape index (κ3) is 12.1. The van der Waals surface area contributed by atoms with E-state index in [1.54, 1.807) is 0 Å². The van der Waals surface area contributed by atoms with E-state index in [0.717, 1.165) is 57.6 Å². The van der Waals surface area contributed by atoms with E-state index in [9.17, 15) is 17.6 Å². The van der Waals surface area contributed by atoms with Crippen LogP contribution in [0.15, 0.2) is 109 Å². The monoisotopic (exact) mass is 814 g/mol. The van der Waals surface area contributed by atoms with Gasteiger partial charge in [-0.3, -0.25) is 10.8 Å². The molecule has 6 aromatic carbocycles. The molecule has 6 aromatic rings. The van der Waals surface area contributed by atoms with Crippen LogP contribution in [0, 0.1) is 65.8 Å². The molecule has 6 N–H and O–H groups in total. The first-order valence-corrected chi connectivity index (χ1v) is 18.1. The zero-order valence-corrected chi connectivity index (χ0v) is 32.4. The van der Waals surface area contributed by atoms with Gasteiger partial charge in [-0.15, -0.1) is 0 Å². The minimum atomic E-state index is -0.603. The van der Waals surface area contributed by atoms with Crippen LogP contribution in [0.3, 0.4) is 0 Å². The number of halogens is 4. The molecule has 0 saturated carbocycles. The molecule has 0 aliphatic rings. The predicted molar refractivity (Wildman–Crippen MR) is 218 cm³/mol. The summed E-state index contributed by atoms with van der Waals surface area (Å²) in [6, 6.07) is 29.4. The number of amidine groups is 2. The van der Waals surface area contributed by atoms with Crippen molar-refractivity contribution in [2.45, 2.75) is 40.3 Å². The van der Waals surface area contributed by atoms with Crippen molar-refractivity contribution in [1.82, 2.24) is 0 Å². The Morgan fingerprint density at radius 1 is 0.550 bits per heavy atom. The molecule has 0 aliphatic heterocycles. The van der Waals surface area contributed by atoms with Crippen LogP contribution in [0.4, 0.5) is 23.2 Å². The van der Waals surface area contributed by atoms with Crippen LogP contribution < -0.4 is 30.4 Å². The highest BCUT2D eigenvalue weighted by Gasteiger charge is 2.12. The first-order chi connectivity index (χ1) is 28.7. The van der Waals surface area contributed by atoms with Gasteiger partial charge in [0.2, 0.25) is 0 Å². The summed E-state index contributed by atoms with van der Waals surface area (Å²) < 4.78 is 78.4. The number of benzene rings is 6. The van der Waals surface area contributed by atoms with Gasteiger partial charge in [0.15, 0.2) is 52.0 Å². The largest absolute Gasteiger partial charge is 0.486 e. The number of nitriles is 1. The minimum Gasteiger partial charge on any atom is -0.486 e. The number of nitrogen functional groups attached to an aromatic ring is 2. The number of nitrogens with zero attached hydrogens (tertiary/aromatic N) is 2. The number of ether oxygens (including phenoxy) is 4. The molecule has 0 unspecified atom stereocenters. The van der Waals surface area contributed by atoms with Gasteiger partial charge in [-0.2, -0.15) is 5.26 Å². The number of aryl methyl sites for hydroxylation is 2. The van der Waals surface area contributed by atoms with Gasteiger partial charge in [0.25, 0.3) is 0 Å². The van der Waals surface area contributed by atoms with Crippen LogP contribution in [0.25, 0.3) is 4.85 Å². The molecule has 304 valence electrons. The highest BCUT2D eigenvalue weighted by Crippen LogP contribution is 2.26. The quantitative estimate of drug-likeness (QED) is 0.0368. The van der Waals surface area contributed by atoms with E-state index in [1.165, 1.54) is 48.5 Å². The second-order valence-electron chi connectivity index (χ2n) is 13.4. The predicted octanol–water partition coefficient (Wildman–Crippen LogP) is 9.85. The van der Waals surface area contributed by atoms with Gasteiger partial charge in [-0.1, -0.05) is 41.5 Å². The Morgan fingerprint density at radius 2 is 0.900 bits per heavy atom. The second kappa shape index (κ2) is 20.0. The number of nitrogens with two attached hydrogens (primary N) is 2. The van der Waals surface area contributed by atoms with Crippen molar-refractivity contribution in [2.75, 3.05) is 0 Å². The molecule has 0 aromatic heterocycles. The standard InChI is InChI=1S/C23H22F2N4O2.C23H16F2N2O2/c1-13-6-14(11-30-20-4-2-16(22(26)27)9-18(20)24)8-15(7-13)12-31-21-5-3-17(23(28)29)10-19(21)25;1-15-7-17(13-28-22-5-3-16(12-26)10-20(22)24)9-18(8-15)14-29-23-6-4-19(27-2)11-21(23)25/h2-10H,11-12H2,1H3,(H3,26,27)(H3,28,29);3-11H,13-14H2,1H3. The average molecular weight is 815 g/mol. The summed E-state index contributed by atoms with van der Waals surface area (Å²) in [6.07, 6.45) is 0. The first kappa shape index (κ1) is 43.3. The van der Waals surface area contributed by atoms with Crippen LogP contribution in [0.5, 0.6) is 23.0 Å². The Hall–Kier alpha value is -7.84. The van der Waals surface area contributed by atoms with Gasteiger partial charge >= 0.3 is 0 Å². The first-order valence-electron chi connectivity index (χ1n) is 18.1. The topological polar surface area (TPSA) is 165 Å². The third-order valence-corrected chi connectivity index (χ3v) is 8.56. The fourth-order valence-corrected chi connectivity index (χ4v) is 5.81. The minimum absolute atomic E-state index is 0.0527. The number of nitrogens with one attached hydrogen (secondary N) is 2. The fourth-order valence-electron chi connectivity index (χ4n) is 5.81.